The number of nitrogens with one attached hydrogen (secondary N) is 1. The van der Waals surface area contributed by atoms with Crippen molar-refractivity contribution >= 4 is 34.9 Å². The van der Waals surface area contributed by atoms with E-state index in [1.807, 2.05) is 53.3 Å². The number of furan rings is 1. The number of thioether (sulfide) groups is 1. The quantitative estimate of drug-likeness (QED) is 0.326. The lowest BCUT2D eigenvalue weighted by Crippen LogP contribution is -2.30. The van der Waals surface area contributed by atoms with Gasteiger partial charge in [-0.05, 0) is 67.0 Å². The predicted octanol–water partition coefficient (Wildman–Crippen LogP) is 5.05. The first kappa shape index (κ1) is 22.2. The first-order chi connectivity index (χ1) is 16.6. The molecule has 1 amide bonds. The van der Waals surface area contributed by atoms with E-state index in [1.54, 1.807) is 47.0 Å². The third kappa shape index (κ3) is 4.44. The Kier molecular flexibility index (Phi) is 6.37. The lowest BCUT2D eigenvalue weighted by molar-refractivity contribution is 0.0928. The van der Waals surface area contributed by atoms with E-state index in [0.717, 1.165) is 17.1 Å². The standard InChI is InChI=1S/C24H21ClN6O2S/c1-34-14-11-18(23-28-27-22-6-2-3-12-30(22)23)26-24(32)19-15-20(21-5-4-13-33-21)31(29-19)17-9-7-16(25)8-10-17/h2-10,12-13,15,18H,11,14H2,1H3,(H,26,32). The summed E-state index contributed by atoms with van der Waals surface area (Å²) in [6.45, 7) is 0. The van der Waals surface area contributed by atoms with Crippen molar-refractivity contribution in [1.82, 2.24) is 29.7 Å². The lowest BCUT2D eigenvalue weighted by Gasteiger charge is -2.16. The van der Waals surface area contributed by atoms with Gasteiger partial charge in [0.05, 0.1) is 18.0 Å². The maximum absolute atomic E-state index is 13.4. The van der Waals surface area contributed by atoms with Crippen molar-refractivity contribution in [1.29, 1.82) is 0 Å². The number of pyridine rings is 1. The predicted molar refractivity (Wildman–Crippen MR) is 132 cm³/mol. The summed E-state index contributed by atoms with van der Waals surface area (Å²) in [5, 5.41) is 16.9. The molecule has 0 fully saturated rings. The number of carbonyl (C=O) groups excluding carboxylic acids is 1. The van der Waals surface area contributed by atoms with Crippen molar-refractivity contribution in [2.75, 3.05) is 12.0 Å². The minimum Gasteiger partial charge on any atom is -0.463 e. The molecule has 5 aromatic rings. The summed E-state index contributed by atoms with van der Waals surface area (Å²) in [7, 11) is 0. The molecular weight excluding hydrogens is 472 g/mol. The smallest absolute Gasteiger partial charge is 0.272 e. The molecule has 172 valence electrons. The summed E-state index contributed by atoms with van der Waals surface area (Å²) in [5.41, 5.74) is 2.42. The van der Waals surface area contributed by atoms with Crippen molar-refractivity contribution in [2.45, 2.75) is 12.5 Å². The van der Waals surface area contributed by atoms with Crippen molar-refractivity contribution < 1.29 is 9.21 Å². The molecule has 0 bridgehead atoms. The zero-order valence-electron chi connectivity index (χ0n) is 18.3. The van der Waals surface area contributed by atoms with Crippen molar-refractivity contribution in [3.63, 3.8) is 0 Å². The van der Waals surface area contributed by atoms with Crippen LogP contribution in [0.25, 0.3) is 22.8 Å². The number of rotatable bonds is 8. The van der Waals surface area contributed by atoms with Gasteiger partial charge in [0.15, 0.2) is 22.9 Å². The van der Waals surface area contributed by atoms with E-state index < -0.39 is 0 Å². The topological polar surface area (TPSA) is 90.2 Å². The molecule has 1 N–H and O–H groups in total. The first-order valence-electron chi connectivity index (χ1n) is 10.6. The Bertz CT molecular complexity index is 1410. The van der Waals surface area contributed by atoms with Crippen molar-refractivity contribution in [3.8, 4) is 17.1 Å². The second kappa shape index (κ2) is 9.74. The third-order valence-electron chi connectivity index (χ3n) is 5.35. The van der Waals surface area contributed by atoms with Gasteiger partial charge >= 0.3 is 0 Å². The molecular formula is C24H21ClN6O2S. The largest absolute Gasteiger partial charge is 0.463 e. The van der Waals surface area contributed by atoms with Gasteiger partial charge in [-0.2, -0.15) is 16.9 Å². The van der Waals surface area contributed by atoms with Gasteiger partial charge in [0, 0.05) is 17.3 Å². The summed E-state index contributed by atoms with van der Waals surface area (Å²) >= 11 is 7.76. The molecule has 1 aromatic carbocycles. The van der Waals surface area contributed by atoms with Crippen molar-refractivity contribution in [2.24, 2.45) is 0 Å². The molecule has 0 saturated heterocycles. The number of nitrogens with zero attached hydrogens (tertiary/aromatic N) is 5. The average Bonchev–Trinajstić information content (AvgIpc) is 3.61. The summed E-state index contributed by atoms with van der Waals surface area (Å²) in [6.07, 6.45) is 6.21. The molecule has 4 aromatic heterocycles. The van der Waals surface area contributed by atoms with E-state index in [2.05, 4.69) is 20.6 Å². The highest BCUT2D eigenvalue weighted by Crippen LogP contribution is 2.26. The van der Waals surface area contributed by atoms with E-state index in [0.29, 0.717) is 28.7 Å². The van der Waals surface area contributed by atoms with Gasteiger partial charge in [0.1, 0.15) is 5.69 Å². The second-order valence-electron chi connectivity index (χ2n) is 7.57. The van der Waals surface area contributed by atoms with Gasteiger partial charge in [-0.1, -0.05) is 17.7 Å². The molecule has 0 radical (unpaired) electrons. The minimum absolute atomic E-state index is 0.268. The van der Waals surface area contributed by atoms with Crippen LogP contribution >= 0.6 is 23.4 Å². The normalized spacial score (nSPS) is 12.2. The number of benzene rings is 1. The minimum atomic E-state index is -0.329. The van der Waals surface area contributed by atoms with E-state index in [9.17, 15) is 4.79 Å². The molecule has 0 aliphatic rings. The van der Waals surface area contributed by atoms with E-state index >= 15 is 0 Å². The molecule has 8 nitrogen and oxygen atoms in total. The van der Waals surface area contributed by atoms with Crippen LogP contribution < -0.4 is 5.32 Å². The maximum atomic E-state index is 13.4. The van der Waals surface area contributed by atoms with Gasteiger partial charge in [0.25, 0.3) is 5.91 Å². The Labute approximate surface area is 204 Å². The van der Waals surface area contributed by atoms with Crippen LogP contribution in [0.2, 0.25) is 5.02 Å². The molecule has 10 heteroatoms. The monoisotopic (exact) mass is 492 g/mol. The fraction of sp³-hybridized carbons (Fsp3) is 0.167. The summed E-state index contributed by atoms with van der Waals surface area (Å²) in [6, 6.07) is 17.9. The highest BCUT2D eigenvalue weighted by Gasteiger charge is 2.24. The molecule has 0 saturated carbocycles. The lowest BCUT2D eigenvalue weighted by atomic mass is 10.2. The molecule has 5 rings (SSSR count). The van der Waals surface area contributed by atoms with Crippen LogP contribution in [0.4, 0.5) is 0 Å². The molecule has 0 spiro atoms. The molecule has 34 heavy (non-hydrogen) atoms. The first-order valence-corrected chi connectivity index (χ1v) is 12.4. The van der Waals surface area contributed by atoms with Crippen LogP contribution in [0, 0.1) is 0 Å². The Morgan fingerprint density at radius 2 is 2.00 bits per heavy atom. The van der Waals surface area contributed by atoms with Crippen LogP contribution in [0.15, 0.2) is 77.5 Å². The molecule has 0 aliphatic carbocycles. The Hall–Kier alpha value is -3.56. The van der Waals surface area contributed by atoms with E-state index in [4.69, 9.17) is 16.0 Å². The van der Waals surface area contributed by atoms with Crippen LogP contribution in [0.5, 0.6) is 0 Å². The number of halogens is 1. The fourth-order valence-electron chi connectivity index (χ4n) is 3.70. The number of hydrogen-bond donors (Lipinski definition) is 1. The summed E-state index contributed by atoms with van der Waals surface area (Å²) in [4.78, 5) is 13.4. The zero-order valence-corrected chi connectivity index (χ0v) is 19.8. The maximum Gasteiger partial charge on any atom is 0.272 e. The number of aromatic nitrogens is 5. The zero-order chi connectivity index (χ0) is 23.5. The number of amides is 1. The van der Waals surface area contributed by atoms with Crippen LogP contribution in [-0.4, -0.2) is 42.3 Å². The van der Waals surface area contributed by atoms with Gasteiger partial charge < -0.3 is 9.73 Å². The fourth-order valence-corrected chi connectivity index (χ4v) is 4.30. The van der Waals surface area contributed by atoms with Gasteiger partial charge in [-0.25, -0.2) is 4.68 Å². The molecule has 1 atom stereocenters. The number of fused-ring (bicyclic) bond motifs is 1. The van der Waals surface area contributed by atoms with E-state index in [1.165, 1.54) is 0 Å². The average molecular weight is 493 g/mol. The van der Waals surface area contributed by atoms with Crippen LogP contribution in [0.3, 0.4) is 0 Å². The van der Waals surface area contributed by atoms with Crippen LogP contribution in [-0.2, 0) is 0 Å². The Balaban J connectivity index is 1.49. The highest BCUT2D eigenvalue weighted by atomic mass is 35.5. The Morgan fingerprint density at radius 3 is 2.76 bits per heavy atom. The third-order valence-corrected chi connectivity index (χ3v) is 6.25. The SMILES string of the molecule is CSCCC(NC(=O)c1cc(-c2ccco2)n(-c2ccc(Cl)cc2)n1)c1nnc2ccccn12. The van der Waals surface area contributed by atoms with Crippen LogP contribution in [0.1, 0.15) is 28.8 Å². The van der Waals surface area contributed by atoms with Gasteiger partial charge in [-0.15, -0.1) is 10.2 Å². The highest BCUT2D eigenvalue weighted by molar-refractivity contribution is 7.98. The van der Waals surface area contributed by atoms with Crippen molar-refractivity contribution in [3.05, 3.63) is 89.7 Å². The Morgan fingerprint density at radius 1 is 1.15 bits per heavy atom. The summed E-state index contributed by atoms with van der Waals surface area (Å²) in [5.74, 6) is 1.83. The van der Waals surface area contributed by atoms with E-state index in [-0.39, 0.29) is 17.6 Å². The van der Waals surface area contributed by atoms with Gasteiger partial charge in [0.2, 0.25) is 0 Å². The molecule has 1 unspecified atom stereocenters. The number of carbonyl (C=O) groups is 1. The second-order valence-corrected chi connectivity index (χ2v) is 9.00. The van der Waals surface area contributed by atoms with Gasteiger partial charge in [-0.3, -0.25) is 9.20 Å². The molecule has 4 heterocycles. The molecule has 0 aliphatic heterocycles. The summed E-state index contributed by atoms with van der Waals surface area (Å²) < 4.78 is 9.17. The number of hydrogen-bond acceptors (Lipinski definition) is 6.